The van der Waals surface area contributed by atoms with E-state index in [1.807, 2.05) is 35.1 Å². The highest BCUT2D eigenvalue weighted by atomic mass is 16.5. The zero-order valence-electron chi connectivity index (χ0n) is 18.6. The minimum atomic E-state index is 0.112. The number of hydrogen-bond acceptors (Lipinski definition) is 7. The van der Waals surface area contributed by atoms with Crippen molar-refractivity contribution in [3.05, 3.63) is 60.0 Å². The van der Waals surface area contributed by atoms with Crippen LogP contribution in [-0.4, -0.2) is 47.6 Å². The van der Waals surface area contributed by atoms with E-state index in [2.05, 4.69) is 39.0 Å². The van der Waals surface area contributed by atoms with Crippen LogP contribution in [0.5, 0.6) is 17.2 Å². The molecule has 1 aliphatic rings. The summed E-state index contributed by atoms with van der Waals surface area (Å²) >= 11 is 0. The molecule has 1 atom stereocenters. The third-order valence-corrected chi connectivity index (χ3v) is 6.12. The summed E-state index contributed by atoms with van der Waals surface area (Å²) in [5, 5.41) is 5.52. The number of ether oxygens (including phenoxy) is 3. The molecule has 0 aliphatic carbocycles. The van der Waals surface area contributed by atoms with Gasteiger partial charge in [0, 0.05) is 6.54 Å². The highest BCUT2D eigenvalue weighted by Crippen LogP contribution is 2.40. The summed E-state index contributed by atoms with van der Waals surface area (Å²) in [7, 11) is 4.99. The van der Waals surface area contributed by atoms with Crippen LogP contribution in [0, 0.1) is 0 Å². The normalized spacial score (nSPS) is 15.5. The maximum atomic E-state index is 5.54. The third kappa shape index (κ3) is 3.19. The largest absolute Gasteiger partial charge is 0.497 e. The molecule has 0 N–H and O–H groups in total. The maximum absolute atomic E-state index is 5.54. The van der Waals surface area contributed by atoms with E-state index in [9.17, 15) is 0 Å². The Labute approximate surface area is 186 Å². The number of aromatic nitrogens is 4. The van der Waals surface area contributed by atoms with Gasteiger partial charge in [0.1, 0.15) is 17.9 Å². The monoisotopic (exact) mass is 431 g/mol. The molecule has 1 aliphatic heterocycles. The topological polar surface area (TPSA) is 74.5 Å². The number of anilines is 1. The van der Waals surface area contributed by atoms with Gasteiger partial charge in [-0.2, -0.15) is 5.10 Å². The molecule has 0 fully saturated rings. The SMILES string of the molecule is COc1ccc(-n2ncc3c(N4CCc5cc(OC)c(OC)cc5[C@@H]4C)ncnc32)cc1. The van der Waals surface area contributed by atoms with Crippen LogP contribution < -0.4 is 19.1 Å². The first-order valence-corrected chi connectivity index (χ1v) is 10.5. The van der Waals surface area contributed by atoms with Crippen molar-refractivity contribution < 1.29 is 14.2 Å². The first-order valence-electron chi connectivity index (χ1n) is 10.5. The van der Waals surface area contributed by atoms with Crippen molar-refractivity contribution in [2.24, 2.45) is 0 Å². The van der Waals surface area contributed by atoms with E-state index in [0.29, 0.717) is 0 Å². The number of methoxy groups -OCH3 is 3. The molecule has 0 spiro atoms. The number of fused-ring (bicyclic) bond motifs is 2. The lowest BCUT2D eigenvalue weighted by atomic mass is 9.92. The lowest BCUT2D eigenvalue weighted by molar-refractivity contribution is 0.353. The highest BCUT2D eigenvalue weighted by molar-refractivity contribution is 5.88. The zero-order chi connectivity index (χ0) is 22.2. The van der Waals surface area contributed by atoms with Gasteiger partial charge in [0.05, 0.1) is 44.6 Å². The minimum absolute atomic E-state index is 0.112. The molecule has 4 aromatic rings. The molecule has 0 bridgehead atoms. The van der Waals surface area contributed by atoms with Crippen LogP contribution in [0.2, 0.25) is 0 Å². The second-order valence-corrected chi connectivity index (χ2v) is 7.71. The van der Waals surface area contributed by atoms with E-state index in [1.165, 1.54) is 11.1 Å². The van der Waals surface area contributed by atoms with E-state index in [-0.39, 0.29) is 6.04 Å². The minimum Gasteiger partial charge on any atom is -0.497 e. The molecule has 5 rings (SSSR count). The van der Waals surface area contributed by atoms with Crippen LogP contribution in [0.15, 0.2) is 48.9 Å². The highest BCUT2D eigenvalue weighted by Gasteiger charge is 2.28. The average Bonchev–Trinajstić information content (AvgIpc) is 3.28. The first kappa shape index (κ1) is 20.1. The molecule has 0 radical (unpaired) electrons. The smallest absolute Gasteiger partial charge is 0.168 e. The first-order chi connectivity index (χ1) is 15.6. The van der Waals surface area contributed by atoms with Crippen LogP contribution in [0.25, 0.3) is 16.7 Å². The molecular formula is C24H25N5O3. The average molecular weight is 431 g/mol. The second-order valence-electron chi connectivity index (χ2n) is 7.71. The van der Waals surface area contributed by atoms with Gasteiger partial charge in [-0.1, -0.05) is 0 Å². The fourth-order valence-corrected chi connectivity index (χ4v) is 4.41. The summed E-state index contributed by atoms with van der Waals surface area (Å²) in [6, 6.07) is 12.0. The predicted molar refractivity (Wildman–Crippen MR) is 122 cm³/mol. The Bertz CT molecular complexity index is 1270. The van der Waals surface area contributed by atoms with Gasteiger partial charge in [-0.05, 0) is 60.9 Å². The van der Waals surface area contributed by atoms with E-state index >= 15 is 0 Å². The second kappa shape index (κ2) is 8.03. The van der Waals surface area contributed by atoms with Gasteiger partial charge < -0.3 is 19.1 Å². The van der Waals surface area contributed by atoms with Crippen LogP contribution in [0.4, 0.5) is 5.82 Å². The number of hydrogen-bond donors (Lipinski definition) is 0. The summed E-state index contributed by atoms with van der Waals surface area (Å²) in [5.74, 6) is 3.17. The number of nitrogens with zero attached hydrogens (tertiary/aromatic N) is 5. The Morgan fingerprint density at radius 2 is 1.69 bits per heavy atom. The lowest BCUT2D eigenvalue weighted by Crippen LogP contribution is -2.34. The van der Waals surface area contributed by atoms with Crippen LogP contribution in [0.3, 0.4) is 0 Å². The predicted octanol–water partition coefficient (Wildman–Crippen LogP) is 3.97. The van der Waals surface area contributed by atoms with Crippen molar-refractivity contribution in [1.29, 1.82) is 0 Å². The van der Waals surface area contributed by atoms with Crippen molar-refractivity contribution in [2.45, 2.75) is 19.4 Å². The Morgan fingerprint density at radius 1 is 0.938 bits per heavy atom. The molecule has 164 valence electrons. The van der Waals surface area contributed by atoms with Gasteiger partial charge in [-0.3, -0.25) is 0 Å². The Kier molecular flexibility index (Phi) is 5.05. The summed E-state index contributed by atoms with van der Waals surface area (Å²) in [6.45, 7) is 3.02. The quantitative estimate of drug-likeness (QED) is 0.473. The number of rotatable bonds is 5. The molecule has 0 unspecified atom stereocenters. The molecular weight excluding hydrogens is 406 g/mol. The number of benzene rings is 2. The molecule has 8 nitrogen and oxygen atoms in total. The lowest BCUT2D eigenvalue weighted by Gasteiger charge is -2.36. The summed E-state index contributed by atoms with van der Waals surface area (Å²) in [4.78, 5) is 11.5. The van der Waals surface area contributed by atoms with Crippen molar-refractivity contribution in [1.82, 2.24) is 19.7 Å². The van der Waals surface area contributed by atoms with Crippen molar-refractivity contribution in [3.63, 3.8) is 0 Å². The molecule has 2 aromatic carbocycles. The standard InChI is InChI=1S/C24H25N5O3/c1-15-19-12-22(32-4)21(31-3)11-16(19)9-10-28(15)23-20-13-27-29(24(20)26-14-25-23)17-5-7-18(30-2)8-6-17/h5-8,11-15H,9-10H2,1-4H3/t15-/m0/s1. The van der Waals surface area contributed by atoms with Gasteiger partial charge >= 0.3 is 0 Å². The molecule has 3 heterocycles. The van der Waals surface area contributed by atoms with Gasteiger partial charge in [-0.25, -0.2) is 14.6 Å². The van der Waals surface area contributed by atoms with Gasteiger partial charge in [0.15, 0.2) is 17.1 Å². The summed E-state index contributed by atoms with van der Waals surface area (Å²) < 4.78 is 18.1. The molecule has 0 amide bonds. The molecule has 8 heteroatoms. The molecule has 2 aromatic heterocycles. The van der Waals surface area contributed by atoms with Gasteiger partial charge in [-0.15, -0.1) is 0 Å². The van der Waals surface area contributed by atoms with Crippen LogP contribution in [-0.2, 0) is 6.42 Å². The van der Waals surface area contributed by atoms with Crippen molar-refractivity contribution >= 4 is 16.9 Å². The van der Waals surface area contributed by atoms with E-state index < -0.39 is 0 Å². The van der Waals surface area contributed by atoms with Crippen LogP contribution >= 0.6 is 0 Å². The fraction of sp³-hybridized carbons (Fsp3) is 0.292. The molecule has 0 saturated carbocycles. The van der Waals surface area contributed by atoms with Crippen LogP contribution in [0.1, 0.15) is 24.1 Å². The van der Waals surface area contributed by atoms with E-state index in [0.717, 1.165) is 52.8 Å². The Balaban J connectivity index is 1.55. The van der Waals surface area contributed by atoms with Crippen molar-refractivity contribution in [3.8, 4) is 22.9 Å². The van der Waals surface area contributed by atoms with E-state index in [1.54, 1.807) is 27.7 Å². The van der Waals surface area contributed by atoms with Gasteiger partial charge in [0.25, 0.3) is 0 Å². The molecule has 0 saturated heterocycles. The Morgan fingerprint density at radius 3 is 2.41 bits per heavy atom. The summed E-state index contributed by atoms with van der Waals surface area (Å²) in [5.41, 5.74) is 4.17. The van der Waals surface area contributed by atoms with E-state index in [4.69, 9.17) is 14.2 Å². The maximum Gasteiger partial charge on any atom is 0.168 e. The van der Waals surface area contributed by atoms with Crippen molar-refractivity contribution in [2.75, 3.05) is 32.8 Å². The summed E-state index contributed by atoms with van der Waals surface area (Å²) in [6.07, 6.45) is 4.33. The molecule has 32 heavy (non-hydrogen) atoms. The Hall–Kier alpha value is -3.81. The third-order valence-electron chi connectivity index (χ3n) is 6.12. The van der Waals surface area contributed by atoms with Gasteiger partial charge in [0.2, 0.25) is 0 Å². The zero-order valence-corrected chi connectivity index (χ0v) is 18.6. The fourth-order valence-electron chi connectivity index (χ4n) is 4.41.